The lowest BCUT2D eigenvalue weighted by Crippen LogP contribution is -2.41. The minimum atomic E-state index is -0.608. The van der Waals surface area contributed by atoms with Crippen molar-refractivity contribution >= 4 is 25.1 Å². The maximum atomic E-state index is 11.9. The molecular formula is C20H28BNO6. The van der Waals surface area contributed by atoms with Crippen molar-refractivity contribution in [3.63, 3.8) is 0 Å². The van der Waals surface area contributed by atoms with Gasteiger partial charge >= 0.3 is 13.1 Å². The third-order valence-electron chi connectivity index (χ3n) is 5.08. The molecule has 1 saturated heterocycles. The normalized spacial score (nSPS) is 18.0. The first-order chi connectivity index (χ1) is 13.0. The lowest BCUT2D eigenvalue weighted by Gasteiger charge is -2.32. The molecule has 1 aliphatic heterocycles. The van der Waals surface area contributed by atoms with Crippen molar-refractivity contribution in [2.24, 2.45) is 0 Å². The Balaban J connectivity index is 2.40. The van der Waals surface area contributed by atoms with E-state index in [-0.39, 0.29) is 12.5 Å². The van der Waals surface area contributed by atoms with Crippen molar-refractivity contribution in [2.75, 3.05) is 20.8 Å². The van der Waals surface area contributed by atoms with Crippen LogP contribution in [0.25, 0.3) is 6.08 Å². The molecule has 1 aliphatic rings. The molecule has 0 bridgehead atoms. The summed E-state index contributed by atoms with van der Waals surface area (Å²) < 4.78 is 22.3. The number of esters is 1. The standard InChI is InChI=1S/C20H28BNO6/c1-13(23)22-12-15(21-27-19(2,3)20(4,5)28-21)10-14-8-9-16(18(24)26-7)17(11-14)25-6/h8-11H,12H2,1-7H3,(H,22,23). The van der Waals surface area contributed by atoms with Gasteiger partial charge in [0.2, 0.25) is 5.91 Å². The average molecular weight is 389 g/mol. The Bertz CT molecular complexity index is 771. The van der Waals surface area contributed by atoms with E-state index in [2.05, 4.69) is 5.32 Å². The highest BCUT2D eigenvalue weighted by Crippen LogP contribution is 2.38. The zero-order valence-electron chi connectivity index (χ0n) is 17.5. The Morgan fingerprint density at radius 3 is 2.25 bits per heavy atom. The molecule has 28 heavy (non-hydrogen) atoms. The Kier molecular flexibility index (Phi) is 6.57. The first-order valence-corrected chi connectivity index (χ1v) is 9.07. The summed E-state index contributed by atoms with van der Waals surface area (Å²) in [5.41, 5.74) is 0.862. The number of hydrogen-bond acceptors (Lipinski definition) is 6. The molecule has 0 atom stereocenters. The molecule has 7 nitrogen and oxygen atoms in total. The van der Waals surface area contributed by atoms with Gasteiger partial charge in [-0.3, -0.25) is 4.79 Å². The molecular weight excluding hydrogens is 361 g/mol. The quantitative estimate of drug-likeness (QED) is 0.595. The Morgan fingerprint density at radius 1 is 1.14 bits per heavy atom. The van der Waals surface area contributed by atoms with E-state index in [4.69, 9.17) is 18.8 Å². The number of ether oxygens (including phenoxy) is 2. The number of benzene rings is 1. The van der Waals surface area contributed by atoms with Gasteiger partial charge in [0.1, 0.15) is 11.3 Å². The number of methoxy groups -OCH3 is 2. The smallest absolute Gasteiger partial charge is 0.492 e. The first-order valence-electron chi connectivity index (χ1n) is 9.07. The molecule has 0 unspecified atom stereocenters. The van der Waals surface area contributed by atoms with Crippen LogP contribution in [0.4, 0.5) is 0 Å². The number of carbonyl (C=O) groups excluding carboxylic acids is 2. The van der Waals surface area contributed by atoms with Crippen molar-refractivity contribution in [3.05, 3.63) is 34.8 Å². The van der Waals surface area contributed by atoms with Crippen LogP contribution in [-0.2, 0) is 18.8 Å². The van der Waals surface area contributed by atoms with Gasteiger partial charge in [-0.25, -0.2) is 4.79 Å². The average Bonchev–Trinajstić information content (AvgIpc) is 2.84. The highest BCUT2D eigenvalue weighted by Gasteiger charge is 2.52. The predicted octanol–water partition coefficient (Wildman–Crippen LogP) is 2.63. The maximum absolute atomic E-state index is 11.9. The van der Waals surface area contributed by atoms with Crippen LogP contribution in [0.3, 0.4) is 0 Å². The molecule has 0 radical (unpaired) electrons. The van der Waals surface area contributed by atoms with Gasteiger partial charge in [0, 0.05) is 13.5 Å². The minimum absolute atomic E-state index is 0.152. The third-order valence-corrected chi connectivity index (χ3v) is 5.08. The summed E-state index contributed by atoms with van der Waals surface area (Å²) >= 11 is 0. The van der Waals surface area contributed by atoms with Crippen molar-refractivity contribution < 1.29 is 28.4 Å². The molecule has 1 amide bonds. The molecule has 1 heterocycles. The maximum Gasteiger partial charge on any atom is 0.492 e. The Morgan fingerprint density at radius 2 is 1.75 bits per heavy atom. The van der Waals surface area contributed by atoms with E-state index < -0.39 is 24.3 Å². The lowest BCUT2D eigenvalue weighted by molar-refractivity contribution is -0.118. The second-order valence-corrected chi connectivity index (χ2v) is 7.67. The first kappa shape index (κ1) is 22.0. The molecule has 0 spiro atoms. The zero-order valence-corrected chi connectivity index (χ0v) is 17.5. The molecule has 0 aliphatic carbocycles. The lowest BCUT2D eigenvalue weighted by atomic mass is 9.77. The molecule has 1 aromatic rings. The topological polar surface area (TPSA) is 83.1 Å². The second kappa shape index (κ2) is 8.37. The molecule has 0 aromatic heterocycles. The third kappa shape index (κ3) is 4.74. The van der Waals surface area contributed by atoms with Crippen LogP contribution in [0.2, 0.25) is 0 Å². The monoisotopic (exact) mass is 389 g/mol. The molecule has 1 aromatic carbocycles. The summed E-state index contributed by atoms with van der Waals surface area (Å²) in [7, 11) is 2.20. The van der Waals surface area contributed by atoms with Crippen molar-refractivity contribution in [1.29, 1.82) is 0 Å². The molecule has 2 rings (SSSR count). The van der Waals surface area contributed by atoms with Gasteiger partial charge in [0.25, 0.3) is 0 Å². The number of amides is 1. The number of rotatable bonds is 6. The molecule has 0 saturated carbocycles. The number of hydrogen-bond donors (Lipinski definition) is 1. The van der Waals surface area contributed by atoms with Gasteiger partial charge in [-0.15, -0.1) is 0 Å². The Hall–Kier alpha value is -2.32. The van der Waals surface area contributed by atoms with Crippen molar-refractivity contribution in [3.8, 4) is 5.75 Å². The van der Waals surface area contributed by atoms with Crippen LogP contribution in [0.5, 0.6) is 5.75 Å². The molecule has 152 valence electrons. The van der Waals surface area contributed by atoms with Crippen LogP contribution in [-0.4, -0.2) is 51.0 Å². The molecule has 1 N–H and O–H groups in total. The van der Waals surface area contributed by atoms with E-state index in [0.29, 0.717) is 11.3 Å². The van der Waals surface area contributed by atoms with Gasteiger partial charge < -0.3 is 24.1 Å². The van der Waals surface area contributed by atoms with Gasteiger partial charge in [0.05, 0.1) is 25.4 Å². The van der Waals surface area contributed by atoms with E-state index in [1.54, 1.807) is 18.2 Å². The fraction of sp³-hybridized carbons (Fsp3) is 0.500. The summed E-state index contributed by atoms with van der Waals surface area (Å²) in [4.78, 5) is 23.3. The zero-order chi connectivity index (χ0) is 21.1. The summed E-state index contributed by atoms with van der Waals surface area (Å²) in [6, 6.07) is 5.13. The number of nitrogens with one attached hydrogen (secondary N) is 1. The SMILES string of the molecule is COC(=O)c1ccc(C=C(CNC(C)=O)B2OC(C)(C)C(C)(C)O2)cc1OC. The van der Waals surface area contributed by atoms with E-state index in [1.165, 1.54) is 21.1 Å². The van der Waals surface area contributed by atoms with Crippen molar-refractivity contribution in [1.82, 2.24) is 5.32 Å². The minimum Gasteiger partial charge on any atom is -0.496 e. The molecule has 8 heteroatoms. The van der Waals surface area contributed by atoms with Gasteiger partial charge in [-0.2, -0.15) is 0 Å². The van der Waals surface area contributed by atoms with E-state index in [9.17, 15) is 9.59 Å². The van der Waals surface area contributed by atoms with E-state index in [1.807, 2.05) is 33.8 Å². The van der Waals surface area contributed by atoms with Crippen LogP contribution < -0.4 is 10.1 Å². The van der Waals surface area contributed by atoms with Gasteiger partial charge in [-0.1, -0.05) is 12.1 Å². The summed E-state index contributed by atoms with van der Waals surface area (Å²) in [6.45, 7) is 9.60. The molecule has 1 fully saturated rings. The van der Waals surface area contributed by atoms with Crippen LogP contribution >= 0.6 is 0 Å². The summed E-state index contributed by atoms with van der Waals surface area (Å²) in [5.74, 6) is -0.230. The van der Waals surface area contributed by atoms with Gasteiger partial charge in [-0.05, 0) is 50.9 Å². The van der Waals surface area contributed by atoms with Crippen molar-refractivity contribution in [2.45, 2.75) is 45.8 Å². The summed E-state index contributed by atoms with van der Waals surface area (Å²) in [6.07, 6.45) is 1.86. The predicted molar refractivity (Wildman–Crippen MR) is 107 cm³/mol. The van der Waals surface area contributed by atoms with E-state index >= 15 is 0 Å². The van der Waals surface area contributed by atoms with Crippen LogP contribution in [0.1, 0.15) is 50.5 Å². The second-order valence-electron chi connectivity index (χ2n) is 7.67. The van der Waals surface area contributed by atoms with Gasteiger partial charge in [0.15, 0.2) is 0 Å². The highest BCUT2D eigenvalue weighted by atomic mass is 16.7. The largest absolute Gasteiger partial charge is 0.496 e. The summed E-state index contributed by atoms with van der Waals surface area (Å²) in [5, 5.41) is 2.79. The number of carbonyl (C=O) groups is 2. The van der Waals surface area contributed by atoms with Crippen LogP contribution in [0, 0.1) is 0 Å². The van der Waals surface area contributed by atoms with Crippen LogP contribution in [0.15, 0.2) is 23.7 Å². The fourth-order valence-corrected chi connectivity index (χ4v) is 2.71. The highest BCUT2D eigenvalue weighted by molar-refractivity contribution is 6.56. The van der Waals surface area contributed by atoms with E-state index in [0.717, 1.165) is 11.0 Å². The fourth-order valence-electron chi connectivity index (χ4n) is 2.71. The Labute approximate surface area is 166 Å².